The lowest BCUT2D eigenvalue weighted by atomic mass is 10.00. The largest absolute Gasteiger partial charge is 0.322 e. The molecule has 1 N–H and O–H groups in total. The van der Waals surface area contributed by atoms with Crippen molar-refractivity contribution < 1.29 is 22.8 Å². The SMILES string of the molecule is O=C(Nc1ccc2c(c1)CCCN2C(=O)C1CC1)c1ccc(F)c(F)c1F. The Morgan fingerprint density at radius 2 is 1.81 bits per heavy atom. The van der Waals surface area contributed by atoms with E-state index >= 15 is 0 Å². The fourth-order valence-electron chi connectivity index (χ4n) is 3.35. The fraction of sp³-hybridized carbons (Fsp3) is 0.300. The Bertz CT molecular complexity index is 941. The lowest BCUT2D eigenvalue weighted by molar-refractivity contribution is -0.119. The normalized spacial score (nSPS) is 16.0. The van der Waals surface area contributed by atoms with Crippen LogP contribution < -0.4 is 10.2 Å². The molecule has 0 saturated heterocycles. The molecule has 27 heavy (non-hydrogen) atoms. The lowest BCUT2D eigenvalue weighted by Gasteiger charge is -2.30. The van der Waals surface area contributed by atoms with Crippen LogP contribution in [0.3, 0.4) is 0 Å². The summed E-state index contributed by atoms with van der Waals surface area (Å²) in [4.78, 5) is 26.4. The second-order valence-electron chi connectivity index (χ2n) is 6.89. The molecular weight excluding hydrogens is 357 g/mol. The van der Waals surface area contributed by atoms with Gasteiger partial charge in [0, 0.05) is 23.8 Å². The predicted octanol–water partition coefficient (Wildman–Crippen LogP) is 4.05. The number of nitrogens with zero attached hydrogens (tertiary/aromatic N) is 1. The number of rotatable bonds is 3. The van der Waals surface area contributed by atoms with Crippen LogP contribution >= 0.6 is 0 Å². The number of fused-ring (bicyclic) bond motifs is 1. The highest BCUT2D eigenvalue weighted by Gasteiger charge is 2.35. The van der Waals surface area contributed by atoms with Crippen molar-refractivity contribution in [2.75, 3.05) is 16.8 Å². The first kappa shape index (κ1) is 17.6. The zero-order valence-electron chi connectivity index (χ0n) is 14.4. The number of anilines is 2. The molecule has 7 heteroatoms. The molecule has 140 valence electrons. The first-order valence-corrected chi connectivity index (χ1v) is 8.85. The molecular formula is C20H17F3N2O2. The van der Waals surface area contributed by atoms with Gasteiger partial charge in [0.2, 0.25) is 5.91 Å². The minimum Gasteiger partial charge on any atom is -0.322 e. The summed E-state index contributed by atoms with van der Waals surface area (Å²) in [5.74, 6) is -5.16. The van der Waals surface area contributed by atoms with Gasteiger partial charge in [-0.3, -0.25) is 9.59 Å². The maximum Gasteiger partial charge on any atom is 0.258 e. The summed E-state index contributed by atoms with van der Waals surface area (Å²) in [6.07, 6.45) is 3.44. The van der Waals surface area contributed by atoms with Gasteiger partial charge in [-0.1, -0.05) is 0 Å². The van der Waals surface area contributed by atoms with Gasteiger partial charge in [-0.15, -0.1) is 0 Å². The van der Waals surface area contributed by atoms with Crippen LogP contribution in [0.15, 0.2) is 30.3 Å². The highest BCUT2D eigenvalue weighted by molar-refractivity contribution is 6.05. The molecule has 0 aromatic heterocycles. The molecule has 1 aliphatic heterocycles. The van der Waals surface area contributed by atoms with E-state index in [9.17, 15) is 22.8 Å². The highest BCUT2D eigenvalue weighted by Crippen LogP contribution is 2.36. The Morgan fingerprint density at radius 3 is 2.56 bits per heavy atom. The van der Waals surface area contributed by atoms with E-state index < -0.39 is 28.9 Å². The van der Waals surface area contributed by atoms with Gasteiger partial charge in [-0.2, -0.15) is 0 Å². The standard InChI is InChI=1S/C20H17F3N2O2/c21-15-7-6-14(17(22)18(15)23)19(26)24-13-5-8-16-12(10-13)2-1-9-25(16)20(27)11-3-4-11/h5-8,10-11H,1-4,9H2,(H,24,26). The Labute approximate surface area is 154 Å². The van der Waals surface area contributed by atoms with Gasteiger partial charge < -0.3 is 10.2 Å². The molecule has 0 spiro atoms. The van der Waals surface area contributed by atoms with E-state index in [1.54, 1.807) is 23.1 Å². The summed E-state index contributed by atoms with van der Waals surface area (Å²) in [5.41, 5.74) is 1.58. The number of hydrogen-bond donors (Lipinski definition) is 1. The molecule has 1 heterocycles. The molecule has 1 saturated carbocycles. The van der Waals surface area contributed by atoms with Crippen molar-refractivity contribution >= 4 is 23.2 Å². The lowest BCUT2D eigenvalue weighted by Crippen LogP contribution is -2.36. The molecule has 1 fully saturated rings. The summed E-state index contributed by atoms with van der Waals surface area (Å²) in [5, 5.41) is 2.50. The zero-order chi connectivity index (χ0) is 19.1. The Kier molecular flexibility index (Phi) is 4.37. The second kappa shape index (κ2) is 6.72. The molecule has 2 aromatic rings. The molecule has 2 amide bonds. The molecule has 0 atom stereocenters. The second-order valence-corrected chi connectivity index (χ2v) is 6.89. The molecule has 2 aromatic carbocycles. The average Bonchev–Trinajstić information content (AvgIpc) is 3.50. The maximum atomic E-state index is 13.8. The summed E-state index contributed by atoms with van der Waals surface area (Å²) >= 11 is 0. The maximum absolute atomic E-state index is 13.8. The monoisotopic (exact) mass is 374 g/mol. The molecule has 4 rings (SSSR count). The van der Waals surface area contributed by atoms with E-state index in [1.807, 2.05) is 0 Å². The van der Waals surface area contributed by atoms with Crippen LogP contribution in [-0.4, -0.2) is 18.4 Å². The van der Waals surface area contributed by atoms with E-state index in [2.05, 4.69) is 5.32 Å². The van der Waals surface area contributed by atoms with Gasteiger partial charge in [-0.05, 0) is 61.6 Å². The van der Waals surface area contributed by atoms with Crippen LogP contribution in [0, 0.1) is 23.4 Å². The Morgan fingerprint density at radius 1 is 1.04 bits per heavy atom. The van der Waals surface area contributed by atoms with Crippen LogP contribution in [0.4, 0.5) is 24.5 Å². The van der Waals surface area contributed by atoms with Gasteiger partial charge in [0.05, 0.1) is 5.56 Å². The summed E-state index contributed by atoms with van der Waals surface area (Å²) in [7, 11) is 0. The number of hydrogen-bond acceptors (Lipinski definition) is 2. The smallest absolute Gasteiger partial charge is 0.258 e. The minimum atomic E-state index is -1.68. The molecule has 0 bridgehead atoms. The average molecular weight is 374 g/mol. The van der Waals surface area contributed by atoms with Gasteiger partial charge in [0.25, 0.3) is 5.91 Å². The number of carbonyl (C=O) groups excluding carboxylic acids is 2. The van der Waals surface area contributed by atoms with Gasteiger partial charge >= 0.3 is 0 Å². The third kappa shape index (κ3) is 3.29. The molecule has 0 radical (unpaired) electrons. The summed E-state index contributed by atoms with van der Waals surface area (Å²) in [6, 6.07) is 6.72. The van der Waals surface area contributed by atoms with Crippen LogP contribution in [-0.2, 0) is 11.2 Å². The number of halogens is 3. The zero-order valence-corrected chi connectivity index (χ0v) is 14.4. The quantitative estimate of drug-likeness (QED) is 0.825. The van der Waals surface area contributed by atoms with Crippen molar-refractivity contribution in [2.24, 2.45) is 5.92 Å². The van der Waals surface area contributed by atoms with E-state index in [0.29, 0.717) is 18.3 Å². The molecule has 4 nitrogen and oxygen atoms in total. The van der Waals surface area contributed by atoms with E-state index in [1.165, 1.54) is 0 Å². The first-order valence-electron chi connectivity index (χ1n) is 8.85. The number of carbonyl (C=O) groups is 2. The summed E-state index contributed by atoms with van der Waals surface area (Å²) < 4.78 is 40.2. The van der Waals surface area contributed by atoms with Gasteiger partial charge in [0.1, 0.15) is 0 Å². The van der Waals surface area contributed by atoms with E-state index in [0.717, 1.165) is 43.0 Å². The number of aryl methyl sites for hydroxylation is 1. The van der Waals surface area contributed by atoms with Gasteiger partial charge in [0.15, 0.2) is 17.5 Å². The van der Waals surface area contributed by atoms with Crippen molar-refractivity contribution in [3.63, 3.8) is 0 Å². The first-order chi connectivity index (χ1) is 13.0. The van der Waals surface area contributed by atoms with E-state index in [-0.39, 0.29) is 11.8 Å². The van der Waals surface area contributed by atoms with Crippen molar-refractivity contribution in [2.45, 2.75) is 25.7 Å². The third-order valence-electron chi connectivity index (χ3n) is 4.93. The Balaban J connectivity index is 1.56. The number of nitrogens with one attached hydrogen (secondary N) is 1. The third-order valence-corrected chi connectivity index (χ3v) is 4.93. The highest BCUT2D eigenvalue weighted by atomic mass is 19.2. The van der Waals surface area contributed by atoms with Crippen LogP contribution in [0.5, 0.6) is 0 Å². The minimum absolute atomic E-state index is 0.117. The number of benzene rings is 2. The predicted molar refractivity (Wildman–Crippen MR) is 94.1 cm³/mol. The van der Waals surface area contributed by atoms with Crippen molar-refractivity contribution in [1.82, 2.24) is 0 Å². The molecule has 0 unspecified atom stereocenters. The van der Waals surface area contributed by atoms with Crippen molar-refractivity contribution in [3.05, 3.63) is 58.9 Å². The van der Waals surface area contributed by atoms with Crippen LogP contribution in [0.25, 0.3) is 0 Å². The van der Waals surface area contributed by atoms with Crippen LogP contribution in [0.1, 0.15) is 35.2 Å². The van der Waals surface area contributed by atoms with Crippen molar-refractivity contribution in [1.29, 1.82) is 0 Å². The number of amides is 2. The van der Waals surface area contributed by atoms with Gasteiger partial charge in [-0.25, -0.2) is 13.2 Å². The Hall–Kier alpha value is -2.83. The summed E-state index contributed by atoms with van der Waals surface area (Å²) in [6.45, 7) is 0.675. The molecule has 1 aliphatic carbocycles. The van der Waals surface area contributed by atoms with Crippen LogP contribution in [0.2, 0.25) is 0 Å². The van der Waals surface area contributed by atoms with Crippen molar-refractivity contribution in [3.8, 4) is 0 Å². The topological polar surface area (TPSA) is 49.4 Å². The fourth-order valence-corrected chi connectivity index (χ4v) is 3.35. The molecule has 2 aliphatic rings. The van der Waals surface area contributed by atoms with E-state index in [4.69, 9.17) is 0 Å².